The number of ketones is 2. The van der Waals surface area contributed by atoms with E-state index in [0.29, 0.717) is 5.70 Å². The lowest BCUT2D eigenvalue weighted by Crippen LogP contribution is -2.43. The number of alkyl carbamates (subject to hydrolysis) is 1. The Kier molecular flexibility index (Phi) is 7.47. The molecular weight excluding hydrogens is 472 g/mol. The average molecular weight is 505 g/mol. The maximum atomic E-state index is 12.5. The molecule has 1 fully saturated rings. The molecule has 0 radical (unpaired) electrons. The number of rotatable bonds is 8. The quantitative estimate of drug-likeness (QED) is 0.364. The summed E-state index contributed by atoms with van der Waals surface area (Å²) in [5.74, 6) is -1.75. The number of hydrogen-bond donors (Lipinski definition) is 3. The molecule has 1 amide bonds. The van der Waals surface area contributed by atoms with Gasteiger partial charge < -0.3 is 20.5 Å². The molecule has 3 N–H and O–H groups in total. The molecule has 0 unspecified atom stereocenters. The van der Waals surface area contributed by atoms with Crippen LogP contribution in [0.3, 0.4) is 0 Å². The highest BCUT2D eigenvalue weighted by atomic mass is 16.5. The summed E-state index contributed by atoms with van der Waals surface area (Å²) >= 11 is 0. The average Bonchev–Trinajstić information content (AvgIpc) is 3.14. The fourth-order valence-corrected chi connectivity index (χ4v) is 5.21. The van der Waals surface area contributed by atoms with Crippen LogP contribution in [0.5, 0.6) is 0 Å². The van der Waals surface area contributed by atoms with Crippen LogP contribution in [0.4, 0.5) is 4.79 Å². The van der Waals surface area contributed by atoms with E-state index >= 15 is 0 Å². The molecule has 0 heterocycles. The first-order chi connectivity index (χ1) is 17.6. The van der Waals surface area contributed by atoms with Crippen LogP contribution in [0.1, 0.15) is 57.1 Å². The highest BCUT2D eigenvalue weighted by Crippen LogP contribution is 2.44. The molecule has 0 aromatic heterocycles. The van der Waals surface area contributed by atoms with Gasteiger partial charge in [-0.15, -0.1) is 0 Å². The Balaban J connectivity index is 1.33. The number of aliphatic carboxylic acids is 1. The van der Waals surface area contributed by atoms with Crippen molar-refractivity contribution in [3.63, 3.8) is 0 Å². The first-order valence-electron chi connectivity index (χ1n) is 12.4. The molecule has 0 bridgehead atoms. The number of carbonyl (C=O) groups excluding carboxylic acids is 3. The highest BCUT2D eigenvalue weighted by molar-refractivity contribution is 6.22. The van der Waals surface area contributed by atoms with Crippen molar-refractivity contribution in [3.8, 4) is 11.1 Å². The van der Waals surface area contributed by atoms with Gasteiger partial charge in [0.05, 0.1) is 5.57 Å². The van der Waals surface area contributed by atoms with Crippen molar-refractivity contribution >= 4 is 23.6 Å². The Labute approximate surface area is 216 Å². The number of benzene rings is 2. The smallest absolute Gasteiger partial charge is 0.407 e. The second-order valence-electron chi connectivity index (χ2n) is 10.4. The van der Waals surface area contributed by atoms with Crippen LogP contribution in [0.2, 0.25) is 0 Å². The number of hydrogen-bond acceptors (Lipinski definition) is 6. The van der Waals surface area contributed by atoms with Gasteiger partial charge in [-0.1, -0.05) is 62.4 Å². The number of ether oxygens (including phenoxy) is 1. The molecule has 0 saturated heterocycles. The molecule has 2 aliphatic rings. The van der Waals surface area contributed by atoms with Gasteiger partial charge in [-0.25, -0.2) is 9.59 Å². The summed E-state index contributed by atoms with van der Waals surface area (Å²) in [6, 6.07) is 14.7. The standard InChI is InChI=1S/C29H32N2O6/c1-17(26-24(32)14-29(2,3)15-25(26)33)30-13-12-23(27(34)35)31-28(36)37-16-22-20-10-6-4-8-18(20)19-9-5-7-11-21(19)22/h4-11,22-23,30H,12-16H2,1-3H3,(H,31,36)(H,34,35)/t23-/m0/s1. The van der Waals surface area contributed by atoms with Crippen molar-refractivity contribution in [2.24, 2.45) is 5.41 Å². The van der Waals surface area contributed by atoms with E-state index in [2.05, 4.69) is 10.6 Å². The lowest BCUT2D eigenvalue weighted by Gasteiger charge is -2.29. The number of carboxylic acid groups (broad SMARTS) is 1. The largest absolute Gasteiger partial charge is 0.480 e. The van der Waals surface area contributed by atoms with E-state index in [1.807, 2.05) is 62.4 Å². The first-order valence-corrected chi connectivity index (χ1v) is 12.4. The molecule has 2 aliphatic carbocycles. The highest BCUT2D eigenvalue weighted by Gasteiger charge is 2.36. The number of Topliss-reactive ketones (excluding diaryl/α,β-unsaturated/α-hetero) is 2. The lowest BCUT2D eigenvalue weighted by atomic mass is 9.73. The van der Waals surface area contributed by atoms with Crippen LogP contribution in [0.15, 0.2) is 59.8 Å². The third-order valence-corrected chi connectivity index (χ3v) is 6.97. The Morgan fingerprint density at radius 3 is 2.08 bits per heavy atom. The van der Waals surface area contributed by atoms with Crippen molar-refractivity contribution in [2.45, 2.75) is 52.0 Å². The fraction of sp³-hybridized carbons (Fsp3) is 0.379. The molecule has 0 aliphatic heterocycles. The van der Waals surface area contributed by atoms with Gasteiger partial charge >= 0.3 is 12.1 Å². The SMILES string of the molecule is CC(NCC[C@H](NC(=O)OCC1c2ccccc2-c2ccccc21)C(=O)O)=C1C(=O)CC(C)(C)CC1=O. The molecule has 2 aromatic rings. The van der Waals surface area contributed by atoms with Crippen molar-refractivity contribution in [1.82, 2.24) is 10.6 Å². The zero-order valence-corrected chi connectivity index (χ0v) is 21.3. The molecule has 8 nitrogen and oxygen atoms in total. The molecule has 2 aromatic carbocycles. The maximum Gasteiger partial charge on any atom is 0.407 e. The molecule has 8 heteroatoms. The van der Waals surface area contributed by atoms with Crippen LogP contribution in [0.25, 0.3) is 11.1 Å². The fourth-order valence-electron chi connectivity index (χ4n) is 5.21. The second kappa shape index (κ2) is 10.6. The Morgan fingerprint density at radius 2 is 1.54 bits per heavy atom. The zero-order valence-electron chi connectivity index (χ0n) is 21.3. The molecule has 194 valence electrons. The van der Waals surface area contributed by atoms with E-state index < -0.39 is 18.1 Å². The maximum absolute atomic E-state index is 12.5. The number of fused-ring (bicyclic) bond motifs is 3. The molecule has 4 rings (SSSR count). The number of amides is 1. The minimum atomic E-state index is -1.20. The third kappa shape index (κ3) is 5.74. The van der Waals surface area contributed by atoms with Crippen LogP contribution < -0.4 is 10.6 Å². The van der Waals surface area contributed by atoms with E-state index in [1.54, 1.807) is 6.92 Å². The van der Waals surface area contributed by atoms with E-state index in [1.165, 1.54) is 0 Å². The van der Waals surface area contributed by atoms with E-state index in [4.69, 9.17) is 4.74 Å². The minimum Gasteiger partial charge on any atom is -0.480 e. The van der Waals surface area contributed by atoms with Crippen molar-refractivity contribution in [2.75, 3.05) is 13.2 Å². The summed E-state index contributed by atoms with van der Waals surface area (Å²) in [6.07, 6.45) is -0.204. The van der Waals surface area contributed by atoms with Crippen LogP contribution in [-0.2, 0) is 19.1 Å². The topological polar surface area (TPSA) is 122 Å². The second-order valence-corrected chi connectivity index (χ2v) is 10.4. The Morgan fingerprint density at radius 1 is 1.00 bits per heavy atom. The van der Waals surface area contributed by atoms with Gasteiger partial charge in [0.1, 0.15) is 12.6 Å². The van der Waals surface area contributed by atoms with Crippen molar-refractivity contribution in [1.29, 1.82) is 0 Å². The van der Waals surface area contributed by atoms with E-state index in [9.17, 15) is 24.3 Å². The summed E-state index contributed by atoms with van der Waals surface area (Å²) in [4.78, 5) is 49.2. The lowest BCUT2D eigenvalue weighted by molar-refractivity contribution is -0.139. The van der Waals surface area contributed by atoms with Gasteiger partial charge in [-0.3, -0.25) is 9.59 Å². The minimum absolute atomic E-state index is 0.0397. The zero-order chi connectivity index (χ0) is 26.7. The Bertz CT molecular complexity index is 1210. The van der Waals surface area contributed by atoms with E-state index in [-0.39, 0.29) is 60.9 Å². The van der Waals surface area contributed by atoms with Crippen LogP contribution in [-0.4, -0.2) is 47.9 Å². The van der Waals surface area contributed by atoms with Gasteiger partial charge in [0.2, 0.25) is 0 Å². The predicted molar refractivity (Wildman–Crippen MR) is 138 cm³/mol. The summed E-state index contributed by atoms with van der Waals surface area (Å²) in [6.45, 7) is 5.64. The van der Waals surface area contributed by atoms with Gasteiger partial charge in [-0.2, -0.15) is 0 Å². The van der Waals surface area contributed by atoms with Gasteiger partial charge in [0.25, 0.3) is 0 Å². The van der Waals surface area contributed by atoms with E-state index in [0.717, 1.165) is 22.3 Å². The van der Waals surface area contributed by atoms with Crippen LogP contribution in [0, 0.1) is 5.41 Å². The normalized spacial score (nSPS) is 17.0. The van der Waals surface area contributed by atoms with Crippen LogP contribution >= 0.6 is 0 Å². The Hall–Kier alpha value is -3.94. The van der Waals surface area contributed by atoms with Gasteiger partial charge in [-0.05, 0) is 41.0 Å². The number of allylic oxidation sites excluding steroid dienone is 2. The molecule has 1 atom stereocenters. The summed E-state index contributed by atoms with van der Waals surface area (Å²) in [5, 5.41) is 15.0. The number of carboxylic acids is 1. The number of nitrogens with one attached hydrogen (secondary N) is 2. The predicted octanol–water partition coefficient (Wildman–Crippen LogP) is 4.19. The molecular formula is C29H32N2O6. The third-order valence-electron chi connectivity index (χ3n) is 6.97. The number of carbonyl (C=O) groups is 4. The molecule has 37 heavy (non-hydrogen) atoms. The van der Waals surface area contributed by atoms with Crippen molar-refractivity contribution in [3.05, 3.63) is 70.9 Å². The molecule has 1 saturated carbocycles. The van der Waals surface area contributed by atoms with Gasteiger partial charge in [0.15, 0.2) is 11.6 Å². The molecule has 0 spiro atoms. The van der Waals surface area contributed by atoms with Crippen molar-refractivity contribution < 1.29 is 29.0 Å². The summed E-state index contributed by atoms with van der Waals surface area (Å²) in [5.41, 5.74) is 4.54. The summed E-state index contributed by atoms with van der Waals surface area (Å²) in [7, 11) is 0. The monoisotopic (exact) mass is 504 g/mol. The first kappa shape index (κ1) is 26.1. The summed E-state index contributed by atoms with van der Waals surface area (Å²) < 4.78 is 5.46. The van der Waals surface area contributed by atoms with Gasteiger partial charge in [0, 0.05) is 31.0 Å².